The lowest BCUT2D eigenvalue weighted by atomic mass is 10.2. The Labute approximate surface area is 187 Å². The highest BCUT2D eigenvalue weighted by Gasteiger charge is 2.25. The lowest BCUT2D eigenvalue weighted by Gasteiger charge is -2.36. The van der Waals surface area contributed by atoms with Crippen molar-refractivity contribution in [3.8, 4) is 11.5 Å². The van der Waals surface area contributed by atoms with E-state index in [4.69, 9.17) is 13.9 Å². The Balaban J connectivity index is 0.00000300. The number of carbonyl (C=O) groups is 1. The maximum absolute atomic E-state index is 12.4. The van der Waals surface area contributed by atoms with Crippen LogP contribution in [0.15, 0.2) is 46.0 Å². The van der Waals surface area contributed by atoms with Gasteiger partial charge < -0.3 is 29.0 Å². The van der Waals surface area contributed by atoms with Gasteiger partial charge in [-0.05, 0) is 24.3 Å². The second-order valence-corrected chi connectivity index (χ2v) is 6.34. The number of nitrogens with zero attached hydrogens (tertiary/aromatic N) is 3. The zero-order valence-electron chi connectivity index (χ0n) is 16.9. The van der Waals surface area contributed by atoms with Gasteiger partial charge in [-0.3, -0.25) is 9.79 Å². The van der Waals surface area contributed by atoms with Crippen molar-refractivity contribution in [1.29, 1.82) is 0 Å². The van der Waals surface area contributed by atoms with Crippen molar-refractivity contribution in [3.05, 3.63) is 47.9 Å². The van der Waals surface area contributed by atoms with E-state index in [1.807, 2.05) is 18.2 Å². The van der Waals surface area contributed by atoms with E-state index in [0.717, 1.165) is 23.0 Å². The van der Waals surface area contributed by atoms with E-state index in [1.165, 1.54) is 6.26 Å². The third-order valence-electron chi connectivity index (χ3n) is 4.74. The summed E-state index contributed by atoms with van der Waals surface area (Å²) in [6.45, 7) is 3.21. The fourth-order valence-corrected chi connectivity index (χ4v) is 3.18. The van der Waals surface area contributed by atoms with Crippen LogP contribution in [0.1, 0.15) is 16.1 Å². The topological polar surface area (TPSA) is 79.5 Å². The summed E-state index contributed by atoms with van der Waals surface area (Å²) >= 11 is 0. The van der Waals surface area contributed by atoms with Crippen molar-refractivity contribution in [2.45, 2.75) is 6.54 Å². The smallest absolute Gasteiger partial charge is 0.289 e. The Kier molecular flexibility index (Phi) is 8.62. The van der Waals surface area contributed by atoms with Crippen LogP contribution >= 0.6 is 24.0 Å². The SMILES string of the molecule is CN=C(NCc1ccc(OC)cc1OC)N1CCN(C(=O)c2ccco2)CC1.I. The van der Waals surface area contributed by atoms with Gasteiger partial charge in [0.15, 0.2) is 11.7 Å². The van der Waals surface area contributed by atoms with Gasteiger partial charge in [-0.1, -0.05) is 0 Å². The van der Waals surface area contributed by atoms with Crippen LogP contribution < -0.4 is 14.8 Å². The summed E-state index contributed by atoms with van der Waals surface area (Å²) in [5.74, 6) is 2.61. The molecule has 1 aliphatic rings. The van der Waals surface area contributed by atoms with Crippen molar-refractivity contribution in [2.75, 3.05) is 47.4 Å². The average molecular weight is 514 g/mol. The molecule has 2 heterocycles. The summed E-state index contributed by atoms with van der Waals surface area (Å²) in [5.41, 5.74) is 1.01. The first kappa shape index (κ1) is 22.9. The zero-order chi connectivity index (χ0) is 19.9. The van der Waals surface area contributed by atoms with Crippen molar-refractivity contribution < 1.29 is 18.7 Å². The molecule has 1 amide bonds. The van der Waals surface area contributed by atoms with E-state index in [2.05, 4.69) is 15.2 Å². The van der Waals surface area contributed by atoms with Crippen LogP contribution in [0.2, 0.25) is 0 Å². The van der Waals surface area contributed by atoms with Gasteiger partial charge in [0, 0.05) is 51.4 Å². The molecule has 0 aliphatic carbocycles. The molecular weight excluding hydrogens is 487 g/mol. The van der Waals surface area contributed by atoms with Gasteiger partial charge in [0.25, 0.3) is 5.91 Å². The molecule has 0 radical (unpaired) electrons. The first-order valence-electron chi connectivity index (χ1n) is 9.15. The molecule has 0 atom stereocenters. The number of nitrogens with one attached hydrogen (secondary N) is 1. The average Bonchev–Trinajstić information content (AvgIpc) is 3.29. The van der Waals surface area contributed by atoms with Gasteiger partial charge >= 0.3 is 0 Å². The lowest BCUT2D eigenvalue weighted by molar-refractivity contribution is 0.0657. The monoisotopic (exact) mass is 514 g/mol. The second kappa shape index (κ2) is 10.9. The Morgan fingerprint density at radius 2 is 1.86 bits per heavy atom. The second-order valence-electron chi connectivity index (χ2n) is 6.34. The molecule has 0 saturated carbocycles. The highest BCUT2D eigenvalue weighted by atomic mass is 127. The Morgan fingerprint density at radius 1 is 1.14 bits per heavy atom. The number of aliphatic imine (C=N–C) groups is 1. The molecule has 0 bridgehead atoms. The number of guanidine groups is 1. The molecular formula is C20H27IN4O4. The number of rotatable bonds is 5. The molecule has 8 nitrogen and oxygen atoms in total. The number of methoxy groups -OCH3 is 2. The first-order chi connectivity index (χ1) is 13.7. The third kappa shape index (κ3) is 5.55. The molecule has 9 heteroatoms. The molecule has 0 spiro atoms. The Morgan fingerprint density at radius 3 is 2.45 bits per heavy atom. The van der Waals surface area contributed by atoms with Crippen molar-refractivity contribution in [2.24, 2.45) is 4.99 Å². The lowest BCUT2D eigenvalue weighted by Crippen LogP contribution is -2.53. The molecule has 0 unspecified atom stereocenters. The van der Waals surface area contributed by atoms with E-state index in [9.17, 15) is 4.79 Å². The Bertz CT molecular complexity index is 818. The molecule has 1 aromatic heterocycles. The van der Waals surface area contributed by atoms with E-state index in [1.54, 1.807) is 38.3 Å². The number of ether oxygens (including phenoxy) is 2. The molecule has 158 valence electrons. The number of furan rings is 1. The van der Waals surface area contributed by atoms with Crippen LogP contribution in [0.25, 0.3) is 0 Å². The van der Waals surface area contributed by atoms with Crippen molar-refractivity contribution in [1.82, 2.24) is 15.1 Å². The van der Waals surface area contributed by atoms with Crippen molar-refractivity contribution >= 4 is 35.8 Å². The van der Waals surface area contributed by atoms with E-state index in [-0.39, 0.29) is 29.9 Å². The summed E-state index contributed by atoms with van der Waals surface area (Å²) in [6, 6.07) is 9.15. The van der Waals surface area contributed by atoms with Crippen molar-refractivity contribution in [3.63, 3.8) is 0 Å². The third-order valence-corrected chi connectivity index (χ3v) is 4.74. The number of carbonyl (C=O) groups excluding carboxylic acids is 1. The fraction of sp³-hybridized carbons (Fsp3) is 0.400. The summed E-state index contributed by atoms with van der Waals surface area (Å²) in [6.07, 6.45) is 1.52. The highest BCUT2D eigenvalue weighted by Crippen LogP contribution is 2.24. The van der Waals surface area contributed by atoms with E-state index < -0.39 is 0 Å². The summed E-state index contributed by atoms with van der Waals surface area (Å²) < 4.78 is 15.9. The van der Waals surface area contributed by atoms with E-state index >= 15 is 0 Å². The molecule has 29 heavy (non-hydrogen) atoms. The maximum Gasteiger partial charge on any atom is 0.289 e. The van der Waals surface area contributed by atoms with Gasteiger partial charge in [0.1, 0.15) is 11.5 Å². The molecule has 1 aliphatic heterocycles. The number of halogens is 1. The van der Waals surface area contributed by atoms with Gasteiger partial charge in [0.2, 0.25) is 0 Å². The minimum absolute atomic E-state index is 0. The van der Waals surface area contributed by atoms with Crippen LogP contribution in [0.5, 0.6) is 11.5 Å². The number of benzene rings is 1. The minimum Gasteiger partial charge on any atom is -0.497 e. The van der Waals surface area contributed by atoms with Gasteiger partial charge in [-0.2, -0.15) is 0 Å². The molecule has 3 rings (SSSR count). The number of piperazine rings is 1. The van der Waals surface area contributed by atoms with Gasteiger partial charge in [-0.25, -0.2) is 0 Å². The Hall–Kier alpha value is -2.43. The summed E-state index contributed by atoms with van der Waals surface area (Å²) in [4.78, 5) is 20.7. The zero-order valence-corrected chi connectivity index (χ0v) is 19.2. The summed E-state index contributed by atoms with van der Waals surface area (Å²) in [5, 5.41) is 3.37. The van der Waals surface area contributed by atoms with E-state index in [0.29, 0.717) is 38.5 Å². The number of hydrogen-bond acceptors (Lipinski definition) is 5. The first-order valence-corrected chi connectivity index (χ1v) is 9.15. The standard InChI is InChI=1S/C20H26N4O4.HI/c1-21-20(22-14-15-6-7-16(26-2)13-18(15)27-3)24-10-8-23(9-11-24)19(25)17-5-4-12-28-17;/h4-7,12-13H,8-11,14H2,1-3H3,(H,21,22);1H. The fourth-order valence-electron chi connectivity index (χ4n) is 3.18. The summed E-state index contributed by atoms with van der Waals surface area (Å²) in [7, 11) is 5.03. The van der Waals surface area contributed by atoms with Crippen LogP contribution in [-0.2, 0) is 6.54 Å². The molecule has 2 aromatic rings. The van der Waals surface area contributed by atoms with Crippen LogP contribution in [-0.4, -0.2) is 69.1 Å². The van der Waals surface area contributed by atoms with Gasteiger partial charge in [-0.15, -0.1) is 24.0 Å². The quantitative estimate of drug-likeness (QED) is 0.375. The number of amides is 1. The predicted molar refractivity (Wildman–Crippen MR) is 121 cm³/mol. The number of hydrogen-bond donors (Lipinski definition) is 1. The normalized spacial score (nSPS) is 14.2. The highest BCUT2D eigenvalue weighted by molar-refractivity contribution is 14.0. The van der Waals surface area contributed by atoms with Gasteiger partial charge in [0.05, 0.1) is 20.5 Å². The minimum atomic E-state index is -0.0736. The molecule has 1 N–H and O–H groups in total. The molecule has 1 aromatic carbocycles. The van der Waals surface area contributed by atoms with Crippen LogP contribution in [0.4, 0.5) is 0 Å². The molecule has 1 saturated heterocycles. The van der Waals surface area contributed by atoms with Crippen LogP contribution in [0, 0.1) is 0 Å². The molecule has 1 fully saturated rings. The largest absolute Gasteiger partial charge is 0.497 e. The predicted octanol–water partition coefficient (Wildman–Crippen LogP) is 2.45. The maximum atomic E-state index is 12.4. The van der Waals surface area contributed by atoms with Crippen LogP contribution in [0.3, 0.4) is 0 Å².